The molecular weight excluding hydrogens is 334 g/mol. The zero-order valence-corrected chi connectivity index (χ0v) is 14.5. The van der Waals surface area contributed by atoms with Crippen LogP contribution in [0.4, 0.5) is 5.69 Å². The van der Waals surface area contributed by atoms with Gasteiger partial charge in [0.05, 0.1) is 19.9 Å². The highest BCUT2D eigenvalue weighted by atomic mass is 35.5. The molecule has 2 aromatic carbocycles. The Morgan fingerprint density at radius 2 is 1.87 bits per heavy atom. The van der Waals surface area contributed by atoms with Gasteiger partial charge >= 0.3 is 0 Å². The Hall–Kier alpha value is -1.85. The van der Waals surface area contributed by atoms with Crippen LogP contribution in [0, 0.1) is 0 Å². The molecule has 1 amide bonds. The van der Waals surface area contributed by atoms with Crippen molar-refractivity contribution >= 4 is 35.0 Å². The minimum Gasteiger partial charge on any atom is -0.497 e. The summed E-state index contributed by atoms with van der Waals surface area (Å²) in [5.41, 5.74) is 0.583. The molecule has 0 aromatic heterocycles. The van der Waals surface area contributed by atoms with Crippen LogP contribution in [0.3, 0.4) is 0 Å². The normalized spacial score (nSPS) is 10.2. The summed E-state index contributed by atoms with van der Waals surface area (Å²) in [4.78, 5) is 13.1. The third-order valence-electron chi connectivity index (χ3n) is 3.09. The van der Waals surface area contributed by atoms with Crippen molar-refractivity contribution < 1.29 is 14.3 Å². The maximum Gasteiger partial charge on any atom is 0.225 e. The first-order chi connectivity index (χ1) is 11.1. The van der Waals surface area contributed by atoms with Gasteiger partial charge in [0, 0.05) is 22.1 Å². The van der Waals surface area contributed by atoms with Crippen molar-refractivity contribution in [2.75, 3.05) is 25.3 Å². The van der Waals surface area contributed by atoms with Crippen LogP contribution in [0.2, 0.25) is 5.02 Å². The van der Waals surface area contributed by atoms with E-state index in [9.17, 15) is 4.79 Å². The summed E-state index contributed by atoms with van der Waals surface area (Å²) in [6, 6.07) is 12.9. The smallest absolute Gasteiger partial charge is 0.225 e. The number of anilines is 1. The van der Waals surface area contributed by atoms with E-state index in [1.807, 2.05) is 24.3 Å². The summed E-state index contributed by atoms with van der Waals surface area (Å²) in [7, 11) is 3.19. The summed E-state index contributed by atoms with van der Waals surface area (Å²) in [5, 5.41) is 3.37. The second-order valence-corrected chi connectivity index (χ2v) is 6.27. The molecule has 0 saturated carbocycles. The molecule has 2 rings (SSSR count). The lowest BCUT2D eigenvalue weighted by Gasteiger charge is -2.10. The predicted octanol–water partition coefficient (Wildman–Crippen LogP) is 4.48. The van der Waals surface area contributed by atoms with Crippen molar-refractivity contribution in [2.24, 2.45) is 0 Å². The molecule has 0 aliphatic carbocycles. The van der Waals surface area contributed by atoms with Crippen molar-refractivity contribution in [1.29, 1.82) is 0 Å². The van der Waals surface area contributed by atoms with Crippen molar-refractivity contribution in [1.82, 2.24) is 0 Å². The van der Waals surface area contributed by atoms with Gasteiger partial charge in [-0.2, -0.15) is 0 Å². The maximum absolute atomic E-state index is 12.0. The number of nitrogens with one attached hydrogen (secondary N) is 1. The summed E-state index contributed by atoms with van der Waals surface area (Å²) < 4.78 is 10.3. The quantitative estimate of drug-likeness (QED) is 0.747. The first-order valence-electron chi connectivity index (χ1n) is 7.02. The Labute approximate surface area is 145 Å². The number of amides is 1. The number of benzene rings is 2. The van der Waals surface area contributed by atoms with Crippen LogP contribution in [0.1, 0.15) is 6.42 Å². The van der Waals surface area contributed by atoms with Crippen LogP contribution >= 0.6 is 23.4 Å². The summed E-state index contributed by atoms with van der Waals surface area (Å²) in [6.45, 7) is 0. The van der Waals surface area contributed by atoms with Crippen LogP contribution in [0.5, 0.6) is 11.5 Å². The fourth-order valence-electron chi connectivity index (χ4n) is 1.92. The molecule has 0 atom stereocenters. The molecule has 0 unspecified atom stereocenters. The van der Waals surface area contributed by atoms with E-state index < -0.39 is 0 Å². The van der Waals surface area contributed by atoms with Crippen molar-refractivity contribution in [3.63, 3.8) is 0 Å². The van der Waals surface area contributed by atoms with E-state index in [1.165, 1.54) is 0 Å². The number of rotatable bonds is 7. The van der Waals surface area contributed by atoms with Crippen LogP contribution < -0.4 is 14.8 Å². The molecule has 0 heterocycles. The van der Waals surface area contributed by atoms with E-state index in [4.69, 9.17) is 21.1 Å². The van der Waals surface area contributed by atoms with E-state index in [1.54, 1.807) is 44.2 Å². The van der Waals surface area contributed by atoms with Crippen LogP contribution in [0.15, 0.2) is 47.4 Å². The van der Waals surface area contributed by atoms with E-state index in [-0.39, 0.29) is 5.91 Å². The molecular formula is C17H18ClNO3S. The van der Waals surface area contributed by atoms with E-state index in [0.29, 0.717) is 28.6 Å². The summed E-state index contributed by atoms with van der Waals surface area (Å²) in [6.07, 6.45) is 0.395. The lowest BCUT2D eigenvalue weighted by molar-refractivity contribution is -0.115. The van der Waals surface area contributed by atoms with Gasteiger partial charge in [-0.1, -0.05) is 11.6 Å². The molecule has 0 fully saturated rings. The van der Waals surface area contributed by atoms with Crippen molar-refractivity contribution in [2.45, 2.75) is 11.3 Å². The molecule has 23 heavy (non-hydrogen) atoms. The minimum atomic E-state index is -0.0772. The summed E-state index contributed by atoms with van der Waals surface area (Å²) >= 11 is 7.56. The highest BCUT2D eigenvalue weighted by molar-refractivity contribution is 7.99. The van der Waals surface area contributed by atoms with Gasteiger partial charge in [-0.3, -0.25) is 4.79 Å². The number of hydrogen-bond acceptors (Lipinski definition) is 4. The molecule has 0 aliphatic heterocycles. The molecule has 0 aliphatic rings. The van der Waals surface area contributed by atoms with E-state index >= 15 is 0 Å². The zero-order chi connectivity index (χ0) is 16.7. The van der Waals surface area contributed by atoms with Crippen LogP contribution in [0.25, 0.3) is 0 Å². The van der Waals surface area contributed by atoms with Gasteiger partial charge in [-0.15, -0.1) is 11.8 Å². The molecule has 1 N–H and O–H groups in total. The van der Waals surface area contributed by atoms with E-state index in [2.05, 4.69) is 5.32 Å². The minimum absolute atomic E-state index is 0.0772. The number of ether oxygens (including phenoxy) is 2. The van der Waals surface area contributed by atoms with Gasteiger partial charge in [-0.25, -0.2) is 0 Å². The van der Waals surface area contributed by atoms with Gasteiger partial charge in [0.2, 0.25) is 5.91 Å². The highest BCUT2D eigenvalue weighted by Crippen LogP contribution is 2.28. The van der Waals surface area contributed by atoms with Crippen LogP contribution in [-0.2, 0) is 4.79 Å². The Bertz CT molecular complexity index is 661. The second-order valence-electron chi connectivity index (χ2n) is 4.67. The van der Waals surface area contributed by atoms with Gasteiger partial charge < -0.3 is 14.8 Å². The molecule has 122 valence electrons. The fraction of sp³-hybridized carbons (Fsp3) is 0.235. The number of hydrogen-bond donors (Lipinski definition) is 1. The van der Waals surface area contributed by atoms with Gasteiger partial charge in [0.25, 0.3) is 0 Å². The number of thioether (sulfide) groups is 1. The second kappa shape index (κ2) is 8.70. The number of methoxy groups -OCH3 is 2. The predicted molar refractivity (Wildman–Crippen MR) is 95.0 cm³/mol. The van der Waals surface area contributed by atoms with Crippen molar-refractivity contribution in [3.8, 4) is 11.5 Å². The lowest BCUT2D eigenvalue weighted by atomic mass is 10.3. The molecule has 0 radical (unpaired) electrons. The lowest BCUT2D eigenvalue weighted by Crippen LogP contribution is -2.13. The topological polar surface area (TPSA) is 47.6 Å². The monoisotopic (exact) mass is 351 g/mol. The molecule has 6 heteroatoms. The largest absolute Gasteiger partial charge is 0.497 e. The number of carbonyl (C=O) groups excluding carboxylic acids is 1. The number of halogens is 1. The molecule has 0 spiro atoms. The van der Waals surface area contributed by atoms with Gasteiger partial charge in [0.1, 0.15) is 11.5 Å². The van der Waals surface area contributed by atoms with Crippen molar-refractivity contribution in [3.05, 3.63) is 47.5 Å². The Morgan fingerprint density at radius 3 is 2.52 bits per heavy atom. The average Bonchev–Trinajstić information content (AvgIpc) is 2.56. The standard InChI is InChI=1S/C17H18ClNO3S/c1-21-13-4-6-14(7-5-13)23-10-9-17(20)19-15-11-12(18)3-8-16(15)22-2/h3-8,11H,9-10H2,1-2H3,(H,19,20). The highest BCUT2D eigenvalue weighted by Gasteiger charge is 2.08. The van der Waals surface area contributed by atoms with Crippen LogP contribution in [-0.4, -0.2) is 25.9 Å². The third kappa shape index (κ3) is 5.37. The fourth-order valence-corrected chi connectivity index (χ4v) is 2.95. The Morgan fingerprint density at radius 1 is 1.13 bits per heavy atom. The van der Waals surface area contributed by atoms with E-state index in [0.717, 1.165) is 10.6 Å². The molecule has 2 aromatic rings. The third-order valence-corrected chi connectivity index (χ3v) is 4.34. The Kier molecular flexibility index (Phi) is 6.62. The Balaban J connectivity index is 1.84. The molecule has 0 bridgehead atoms. The van der Waals surface area contributed by atoms with Gasteiger partial charge in [-0.05, 0) is 42.5 Å². The maximum atomic E-state index is 12.0. The first kappa shape index (κ1) is 17.5. The SMILES string of the molecule is COc1ccc(SCCC(=O)Nc2cc(Cl)ccc2OC)cc1. The molecule has 4 nitrogen and oxygen atoms in total. The first-order valence-corrected chi connectivity index (χ1v) is 8.39. The van der Waals surface area contributed by atoms with Gasteiger partial charge in [0.15, 0.2) is 0 Å². The molecule has 0 saturated heterocycles. The average molecular weight is 352 g/mol. The zero-order valence-electron chi connectivity index (χ0n) is 13.0. The number of carbonyl (C=O) groups is 1. The summed E-state index contributed by atoms with van der Waals surface area (Å²) in [5.74, 6) is 2.01.